The Kier molecular flexibility index (Phi) is 5.11. The Morgan fingerprint density at radius 3 is 1.93 bits per heavy atom. The van der Waals surface area contributed by atoms with Crippen LogP contribution in [-0.4, -0.2) is 44.0 Å². The number of carbonyl (C=O) groups excluding carboxylic acids is 2. The number of hydrogen-bond donors (Lipinski definition) is 2. The van der Waals surface area contributed by atoms with Crippen molar-refractivity contribution in [2.45, 2.75) is 20.8 Å². The summed E-state index contributed by atoms with van der Waals surface area (Å²) in [5.74, 6) is -0.0124. The van der Waals surface area contributed by atoms with Gasteiger partial charge in [0.1, 0.15) is 0 Å². The molecular weight excluding hydrogens is 194 g/mol. The summed E-state index contributed by atoms with van der Waals surface area (Å²) < 4.78 is 0. The van der Waals surface area contributed by atoms with Crippen LogP contribution in [0.25, 0.3) is 0 Å². The zero-order valence-corrected chi connectivity index (χ0v) is 10.2. The quantitative estimate of drug-likeness (QED) is 0.670. The lowest BCUT2D eigenvalue weighted by Gasteiger charge is -2.18. The van der Waals surface area contributed by atoms with E-state index in [1.165, 1.54) is 4.90 Å². The molecule has 3 amide bonds. The maximum Gasteiger partial charge on any atom is 0.316 e. The average Bonchev–Trinajstić information content (AvgIpc) is 2.09. The van der Waals surface area contributed by atoms with Crippen molar-refractivity contribution in [3.63, 3.8) is 0 Å². The molecule has 0 fully saturated rings. The van der Waals surface area contributed by atoms with Gasteiger partial charge < -0.3 is 15.5 Å². The van der Waals surface area contributed by atoms with Crippen molar-refractivity contribution in [1.82, 2.24) is 15.5 Å². The minimum atomic E-state index is -0.383. The van der Waals surface area contributed by atoms with Gasteiger partial charge in [0.25, 0.3) is 0 Å². The van der Waals surface area contributed by atoms with Crippen LogP contribution in [-0.2, 0) is 4.79 Å². The van der Waals surface area contributed by atoms with Crippen molar-refractivity contribution in [3.05, 3.63) is 0 Å². The summed E-state index contributed by atoms with van der Waals surface area (Å²) >= 11 is 0. The molecule has 0 aliphatic rings. The molecule has 0 aliphatic heterocycles. The van der Waals surface area contributed by atoms with E-state index >= 15 is 0 Å². The van der Waals surface area contributed by atoms with Gasteiger partial charge in [-0.15, -0.1) is 0 Å². The smallest absolute Gasteiger partial charge is 0.316 e. The SMILES string of the molecule is CN(C)C(=O)NCCNC(=O)C(C)(C)C. The van der Waals surface area contributed by atoms with E-state index in [4.69, 9.17) is 0 Å². The van der Waals surface area contributed by atoms with Gasteiger partial charge in [-0.1, -0.05) is 20.8 Å². The summed E-state index contributed by atoms with van der Waals surface area (Å²) in [6.45, 7) is 6.44. The number of hydrogen-bond acceptors (Lipinski definition) is 2. The van der Waals surface area contributed by atoms with Gasteiger partial charge >= 0.3 is 6.03 Å². The number of urea groups is 1. The van der Waals surface area contributed by atoms with Crippen LogP contribution in [0.5, 0.6) is 0 Å². The van der Waals surface area contributed by atoms with E-state index in [1.54, 1.807) is 14.1 Å². The van der Waals surface area contributed by atoms with Crippen LogP contribution < -0.4 is 10.6 Å². The second kappa shape index (κ2) is 5.58. The molecule has 88 valence electrons. The van der Waals surface area contributed by atoms with Gasteiger partial charge in [0.15, 0.2) is 0 Å². The van der Waals surface area contributed by atoms with E-state index in [0.717, 1.165) is 0 Å². The number of rotatable bonds is 3. The highest BCUT2D eigenvalue weighted by atomic mass is 16.2. The van der Waals surface area contributed by atoms with Crippen LogP contribution in [0.4, 0.5) is 4.79 Å². The normalized spacial score (nSPS) is 10.7. The van der Waals surface area contributed by atoms with E-state index in [0.29, 0.717) is 13.1 Å². The largest absolute Gasteiger partial charge is 0.354 e. The highest BCUT2D eigenvalue weighted by Crippen LogP contribution is 2.11. The molecule has 0 rings (SSSR count). The molecule has 0 saturated heterocycles. The van der Waals surface area contributed by atoms with Gasteiger partial charge in [-0.05, 0) is 0 Å². The number of carbonyl (C=O) groups is 2. The van der Waals surface area contributed by atoms with Crippen LogP contribution in [0.15, 0.2) is 0 Å². The fourth-order valence-corrected chi connectivity index (χ4v) is 0.769. The minimum absolute atomic E-state index is 0.0124. The highest BCUT2D eigenvalue weighted by molar-refractivity contribution is 5.81. The lowest BCUT2D eigenvalue weighted by atomic mass is 9.96. The molecule has 0 atom stereocenters. The summed E-state index contributed by atoms with van der Waals surface area (Å²) in [4.78, 5) is 23.9. The number of nitrogens with one attached hydrogen (secondary N) is 2. The first kappa shape index (κ1) is 13.7. The van der Waals surface area contributed by atoms with E-state index in [1.807, 2.05) is 20.8 Å². The van der Waals surface area contributed by atoms with Crippen LogP contribution in [0.2, 0.25) is 0 Å². The molecule has 0 aromatic carbocycles. The Morgan fingerprint density at radius 1 is 1.07 bits per heavy atom. The average molecular weight is 215 g/mol. The molecule has 0 aromatic rings. The van der Waals surface area contributed by atoms with Crippen molar-refractivity contribution in [1.29, 1.82) is 0 Å². The Balaban J connectivity index is 3.65. The van der Waals surface area contributed by atoms with Crippen molar-refractivity contribution in [3.8, 4) is 0 Å². The van der Waals surface area contributed by atoms with Crippen LogP contribution >= 0.6 is 0 Å². The first-order chi connectivity index (χ1) is 6.75. The molecule has 0 radical (unpaired) electrons. The van der Waals surface area contributed by atoms with Gasteiger partial charge in [-0.25, -0.2) is 4.79 Å². The van der Waals surface area contributed by atoms with Gasteiger partial charge in [-0.3, -0.25) is 4.79 Å². The molecule has 0 aromatic heterocycles. The molecule has 5 heteroatoms. The van der Waals surface area contributed by atoms with E-state index < -0.39 is 0 Å². The summed E-state index contributed by atoms with van der Waals surface area (Å²) in [5, 5.41) is 5.41. The summed E-state index contributed by atoms with van der Waals surface area (Å²) in [6.07, 6.45) is 0. The number of nitrogens with zero attached hydrogens (tertiary/aromatic N) is 1. The topological polar surface area (TPSA) is 61.4 Å². The van der Waals surface area contributed by atoms with E-state index in [9.17, 15) is 9.59 Å². The Hall–Kier alpha value is -1.26. The van der Waals surface area contributed by atoms with Gasteiger partial charge in [-0.2, -0.15) is 0 Å². The molecule has 2 N–H and O–H groups in total. The van der Waals surface area contributed by atoms with E-state index in [2.05, 4.69) is 10.6 Å². The highest BCUT2D eigenvalue weighted by Gasteiger charge is 2.20. The second-order valence-corrected chi connectivity index (χ2v) is 4.63. The fraction of sp³-hybridized carbons (Fsp3) is 0.800. The minimum Gasteiger partial charge on any atom is -0.354 e. The van der Waals surface area contributed by atoms with Crippen molar-refractivity contribution >= 4 is 11.9 Å². The molecule has 5 nitrogen and oxygen atoms in total. The summed E-state index contributed by atoms with van der Waals surface area (Å²) in [6, 6.07) is -0.153. The second-order valence-electron chi connectivity index (χ2n) is 4.63. The zero-order valence-electron chi connectivity index (χ0n) is 10.2. The van der Waals surface area contributed by atoms with Gasteiger partial charge in [0.2, 0.25) is 5.91 Å². The van der Waals surface area contributed by atoms with Crippen molar-refractivity contribution in [2.75, 3.05) is 27.2 Å². The molecule has 0 bridgehead atoms. The molecule has 0 aliphatic carbocycles. The molecule has 0 spiro atoms. The third kappa shape index (κ3) is 5.93. The number of amides is 3. The van der Waals surface area contributed by atoms with Crippen LogP contribution in [0.1, 0.15) is 20.8 Å². The Labute approximate surface area is 91.2 Å². The lowest BCUT2D eigenvalue weighted by Crippen LogP contribution is -2.42. The predicted octanol–water partition coefficient (Wildman–Crippen LogP) is 0.420. The predicted molar refractivity (Wildman–Crippen MR) is 59.6 cm³/mol. The lowest BCUT2D eigenvalue weighted by molar-refractivity contribution is -0.128. The summed E-state index contributed by atoms with van der Waals surface area (Å²) in [7, 11) is 3.34. The van der Waals surface area contributed by atoms with Gasteiger partial charge in [0, 0.05) is 32.6 Å². The Morgan fingerprint density at radius 2 is 1.53 bits per heavy atom. The van der Waals surface area contributed by atoms with Crippen LogP contribution in [0.3, 0.4) is 0 Å². The van der Waals surface area contributed by atoms with Crippen molar-refractivity contribution < 1.29 is 9.59 Å². The van der Waals surface area contributed by atoms with Crippen molar-refractivity contribution in [2.24, 2.45) is 5.41 Å². The third-order valence-corrected chi connectivity index (χ3v) is 1.77. The third-order valence-electron chi connectivity index (χ3n) is 1.77. The standard InChI is InChI=1S/C10H21N3O2/c1-10(2,3)8(14)11-6-7-12-9(15)13(4)5/h6-7H2,1-5H3,(H,11,14)(H,12,15). The maximum absolute atomic E-state index is 11.4. The molecular formula is C10H21N3O2. The molecule has 0 unspecified atom stereocenters. The molecule has 0 saturated carbocycles. The first-order valence-electron chi connectivity index (χ1n) is 4.98. The maximum atomic E-state index is 11.4. The molecule has 0 heterocycles. The Bertz CT molecular complexity index is 231. The first-order valence-corrected chi connectivity index (χ1v) is 4.98. The summed E-state index contributed by atoms with van der Waals surface area (Å²) in [5.41, 5.74) is -0.383. The van der Waals surface area contributed by atoms with Gasteiger partial charge in [0.05, 0.1) is 0 Å². The fourth-order valence-electron chi connectivity index (χ4n) is 0.769. The van der Waals surface area contributed by atoms with Crippen LogP contribution in [0, 0.1) is 5.41 Å². The van der Waals surface area contributed by atoms with E-state index in [-0.39, 0.29) is 17.4 Å². The molecule has 15 heavy (non-hydrogen) atoms. The zero-order chi connectivity index (χ0) is 12.1. The monoisotopic (exact) mass is 215 g/mol.